The van der Waals surface area contributed by atoms with Gasteiger partial charge >= 0.3 is 6.03 Å². The number of ether oxygens (including phenoxy) is 2. The summed E-state index contributed by atoms with van der Waals surface area (Å²) in [7, 11) is 0. The molecule has 5 rings (SSSR count). The van der Waals surface area contributed by atoms with E-state index in [9.17, 15) is 4.79 Å². The van der Waals surface area contributed by atoms with Gasteiger partial charge in [-0.1, -0.05) is 0 Å². The third-order valence-corrected chi connectivity index (χ3v) is 5.94. The molecule has 2 amide bonds. The van der Waals surface area contributed by atoms with Crippen molar-refractivity contribution in [2.75, 3.05) is 49.7 Å². The first-order valence-electron chi connectivity index (χ1n) is 11.4. The van der Waals surface area contributed by atoms with Crippen molar-refractivity contribution < 1.29 is 14.3 Å². The highest BCUT2D eigenvalue weighted by atomic mass is 16.5. The minimum Gasteiger partial charge on any atom is -0.378 e. The van der Waals surface area contributed by atoms with Crippen molar-refractivity contribution in [3.63, 3.8) is 0 Å². The Kier molecular flexibility index (Phi) is 5.63. The maximum Gasteiger partial charge on any atom is 0.319 e. The molecule has 0 aliphatic carbocycles. The molecule has 0 saturated carbocycles. The predicted octanol–water partition coefficient (Wildman–Crippen LogP) is 2.74. The number of nitrogens with zero attached hydrogens (tertiary/aromatic N) is 5. The van der Waals surface area contributed by atoms with Crippen molar-refractivity contribution in [2.45, 2.75) is 32.9 Å². The first-order valence-corrected chi connectivity index (χ1v) is 11.4. The smallest absolute Gasteiger partial charge is 0.319 e. The lowest BCUT2D eigenvalue weighted by Crippen LogP contribution is -2.37. The summed E-state index contributed by atoms with van der Waals surface area (Å²) in [6, 6.07) is 7.33. The summed E-state index contributed by atoms with van der Waals surface area (Å²) in [6.45, 7) is 10.6. The molecule has 0 radical (unpaired) electrons. The van der Waals surface area contributed by atoms with E-state index in [1.54, 1.807) is 0 Å². The van der Waals surface area contributed by atoms with E-state index in [-0.39, 0.29) is 6.03 Å². The predicted molar refractivity (Wildman–Crippen MR) is 125 cm³/mol. The summed E-state index contributed by atoms with van der Waals surface area (Å²) in [5.41, 5.74) is 2.70. The van der Waals surface area contributed by atoms with E-state index >= 15 is 0 Å². The molecule has 0 spiro atoms. The average Bonchev–Trinajstić information content (AvgIpc) is 3.20. The highest BCUT2D eigenvalue weighted by Crippen LogP contribution is 2.35. The zero-order valence-electron chi connectivity index (χ0n) is 19.2. The van der Waals surface area contributed by atoms with Crippen molar-refractivity contribution >= 4 is 28.7 Å². The SMILES string of the molecule is CCNC(=O)Nc1ccc(-c2nc(N3CCOCC3)c3nc4n(c3n2)CCOC4(C)C)cc1. The molecule has 1 saturated heterocycles. The van der Waals surface area contributed by atoms with E-state index in [1.165, 1.54) is 0 Å². The average molecular weight is 452 g/mol. The standard InChI is InChI=1S/C23H29N7O3/c1-4-24-22(31)25-16-7-5-15(6-8-16)18-27-19(29-9-12-32-13-10-29)17-20(28-18)30-11-14-33-23(2,3)21(30)26-17/h5-8H,4,9-14H2,1-3H3,(H2,24,25,31). The maximum absolute atomic E-state index is 11.8. The molecule has 1 fully saturated rings. The van der Waals surface area contributed by atoms with Crippen LogP contribution in [0.2, 0.25) is 0 Å². The molecular formula is C23H29N7O3. The molecule has 33 heavy (non-hydrogen) atoms. The monoisotopic (exact) mass is 451 g/mol. The van der Waals surface area contributed by atoms with Crippen LogP contribution < -0.4 is 15.5 Å². The summed E-state index contributed by atoms with van der Waals surface area (Å²) in [5.74, 6) is 2.31. The zero-order chi connectivity index (χ0) is 23.0. The van der Waals surface area contributed by atoms with Crippen molar-refractivity contribution in [1.82, 2.24) is 24.8 Å². The number of rotatable bonds is 4. The fourth-order valence-electron chi connectivity index (χ4n) is 4.28. The quantitative estimate of drug-likeness (QED) is 0.628. The first-order chi connectivity index (χ1) is 16.0. The van der Waals surface area contributed by atoms with Gasteiger partial charge in [0.25, 0.3) is 0 Å². The van der Waals surface area contributed by atoms with Crippen molar-refractivity contribution in [3.8, 4) is 11.4 Å². The molecule has 0 bridgehead atoms. The van der Waals surface area contributed by atoms with E-state index in [0.717, 1.165) is 41.5 Å². The Balaban J connectivity index is 1.58. The van der Waals surface area contributed by atoms with Gasteiger partial charge in [0.2, 0.25) is 0 Å². The van der Waals surface area contributed by atoms with Crippen LogP contribution in [0.4, 0.5) is 16.3 Å². The highest BCUT2D eigenvalue weighted by Gasteiger charge is 2.34. The van der Waals surface area contributed by atoms with Crippen LogP contribution >= 0.6 is 0 Å². The number of nitrogens with one attached hydrogen (secondary N) is 2. The summed E-state index contributed by atoms with van der Waals surface area (Å²) in [4.78, 5) is 28.9. The van der Waals surface area contributed by atoms with Crippen LogP contribution in [-0.2, 0) is 21.6 Å². The molecule has 10 heteroatoms. The van der Waals surface area contributed by atoms with Gasteiger partial charge < -0.3 is 29.6 Å². The van der Waals surface area contributed by atoms with Crippen molar-refractivity contribution in [1.29, 1.82) is 0 Å². The van der Waals surface area contributed by atoms with Crippen LogP contribution in [-0.4, -0.2) is 65.0 Å². The highest BCUT2D eigenvalue weighted by molar-refractivity contribution is 5.90. The fraction of sp³-hybridized carbons (Fsp3) is 0.478. The summed E-state index contributed by atoms with van der Waals surface area (Å²) in [5, 5.41) is 5.55. The Morgan fingerprint density at radius 1 is 1.06 bits per heavy atom. The van der Waals surface area contributed by atoms with E-state index in [0.29, 0.717) is 44.4 Å². The van der Waals surface area contributed by atoms with Crippen LogP contribution in [0.5, 0.6) is 0 Å². The number of amides is 2. The molecule has 2 N–H and O–H groups in total. The third kappa shape index (κ3) is 4.11. The number of anilines is 2. The molecular weight excluding hydrogens is 422 g/mol. The second-order valence-electron chi connectivity index (χ2n) is 8.65. The van der Waals surface area contributed by atoms with Crippen LogP contribution in [0, 0.1) is 0 Å². The number of morpholine rings is 1. The van der Waals surface area contributed by atoms with Gasteiger partial charge in [-0.3, -0.25) is 0 Å². The molecule has 0 unspecified atom stereocenters. The van der Waals surface area contributed by atoms with Crippen LogP contribution in [0.15, 0.2) is 24.3 Å². The van der Waals surface area contributed by atoms with Gasteiger partial charge in [0.1, 0.15) is 11.4 Å². The second kappa shape index (κ2) is 8.60. The molecule has 174 valence electrons. The Morgan fingerprint density at radius 2 is 1.82 bits per heavy atom. The van der Waals surface area contributed by atoms with Crippen LogP contribution in [0.3, 0.4) is 0 Å². The van der Waals surface area contributed by atoms with Crippen LogP contribution in [0.1, 0.15) is 26.6 Å². The lowest BCUT2D eigenvalue weighted by Gasteiger charge is -2.30. The molecule has 4 heterocycles. The molecule has 1 aromatic carbocycles. The molecule has 3 aromatic rings. The number of hydrogen-bond acceptors (Lipinski definition) is 7. The largest absolute Gasteiger partial charge is 0.378 e. The zero-order valence-corrected chi connectivity index (χ0v) is 19.2. The van der Waals surface area contributed by atoms with E-state index < -0.39 is 5.60 Å². The Hall–Kier alpha value is -3.24. The number of carbonyl (C=O) groups is 1. The molecule has 10 nitrogen and oxygen atoms in total. The summed E-state index contributed by atoms with van der Waals surface area (Å²) < 4.78 is 13.7. The molecule has 2 aromatic heterocycles. The third-order valence-electron chi connectivity index (χ3n) is 5.94. The topological polar surface area (TPSA) is 106 Å². The van der Waals surface area contributed by atoms with Gasteiger partial charge in [0.05, 0.1) is 19.8 Å². The lowest BCUT2D eigenvalue weighted by atomic mass is 10.1. The Morgan fingerprint density at radius 3 is 2.55 bits per heavy atom. The van der Waals surface area contributed by atoms with Gasteiger partial charge in [0.15, 0.2) is 22.8 Å². The molecule has 0 atom stereocenters. The van der Waals surface area contributed by atoms with E-state index in [2.05, 4.69) is 20.1 Å². The number of imidazole rings is 1. The molecule has 2 aliphatic heterocycles. The van der Waals surface area contributed by atoms with Gasteiger partial charge in [-0.2, -0.15) is 0 Å². The Bertz CT molecular complexity index is 1170. The van der Waals surface area contributed by atoms with Gasteiger partial charge in [-0.15, -0.1) is 0 Å². The lowest BCUT2D eigenvalue weighted by molar-refractivity contribution is -0.0530. The minimum atomic E-state index is -0.492. The number of benzene rings is 1. The number of fused-ring (bicyclic) bond motifs is 3. The first kappa shape index (κ1) is 21.6. The second-order valence-corrected chi connectivity index (χ2v) is 8.65. The number of hydrogen-bond donors (Lipinski definition) is 2. The maximum atomic E-state index is 11.8. The number of urea groups is 1. The van der Waals surface area contributed by atoms with E-state index in [4.69, 9.17) is 24.4 Å². The fourth-order valence-corrected chi connectivity index (χ4v) is 4.28. The summed E-state index contributed by atoms with van der Waals surface area (Å²) >= 11 is 0. The normalized spacial score (nSPS) is 17.6. The number of aromatic nitrogens is 4. The Labute approximate surface area is 192 Å². The number of carbonyl (C=O) groups excluding carboxylic acids is 1. The van der Waals surface area contributed by atoms with Crippen LogP contribution in [0.25, 0.3) is 22.6 Å². The van der Waals surface area contributed by atoms with Crippen molar-refractivity contribution in [2.24, 2.45) is 0 Å². The van der Waals surface area contributed by atoms with Gasteiger partial charge in [-0.05, 0) is 45.0 Å². The minimum absolute atomic E-state index is 0.228. The van der Waals surface area contributed by atoms with Gasteiger partial charge in [-0.25, -0.2) is 19.7 Å². The van der Waals surface area contributed by atoms with Gasteiger partial charge in [0, 0.05) is 37.4 Å². The molecule has 2 aliphatic rings. The van der Waals surface area contributed by atoms with E-state index in [1.807, 2.05) is 45.0 Å². The summed E-state index contributed by atoms with van der Waals surface area (Å²) in [6.07, 6.45) is 0. The van der Waals surface area contributed by atoms with Crippen molar-refractivity contribution in [3.05, 3.63) is 30.1 Å².